The fourth-order valence-electron chi connectivity index (χ4n) is 1.20. The number of esters is 1. The summed E-state index contributed by atoms with van der Waals surface area (Å²) in [6, 6.07) is 5.05. The van der Waals surface area contributed by atoms with Crippen LogP contribution in [0, 0.1) is 11.3 Å². The summed E-state index contributed by atoms with van der Waals surface area (Å²) in [7, 11) is 1.29. The Morgan fingerprint density at radius 1 is 1.67 bits per heavy atom. The van der Waals surface area contributed by atoms with Crippen LogP contribution < -0.4 is 5.73 Å². The van der Waals surface area contributed by atoms with Crippen LogP contribution in [0.4, 0.5) is 0 Å². The summed E-state index contributed by atoms with van der Waals surface area (Å²) in [6.07, 6.45) is 0. The quantitative estimate of drug-likeness (QED) is 0.827. The van der Waals surface area contributed by atoms with Crippen molar-refractivity contribution in [2.75, 3.05) is 7.11 Å². The fourth-order valence-corrected chi connectivity index (χ4v) is 1.82. The van der Waals surface area contributed by atoms with Gasteiger partial charge in [0.05, 0.1) is 24.3 Å². The highest BCUT2D eigenvalue weighted by molar-refractivity contribution is 9.10. The maximum atomic E-state index is 11.4. The molecule has 0 radical (unpaired) electrons. The van der Waals surface area contributed by atoms with E-state index in [1.54, 1.807) is 6.07 Å². The number of rotatable bonds is 2. The first-order valence-corrected chi connectivity index (χ1v) is 4.94. The van der Waals surface area contributed by atoms with E-state index in [2.05, 4.69) is 20.7 Å². The second-order valence-corrected chi connectivity index (χ2v) is 3.65. The molecule has 0 heterocycles. The number of hydrogen-bond acceptors (Lipinski definition) is 4. The molecule has 15 heavy (non-hydrogen) atoms. The lowest BCUT2D eigenvalue weighted by atomic mass is 10.0. The first-order valence-electron chi connectivity index (χ1n) is 4.15. The Morgan fingerprint density at radius 2 is 2.33 bits per heavy atom. The Morgan fingerprint density at radius 3 is 2.80 bits per heavy atom. The van der Waals surface area contributed by atoms with Crippen LogP contribution in [0.25, 0.3) is 0 Å². The van der Waals surface area contributed by atoms with Gasteiger partial charge in [0.2, 0.25) is 0 Å². The Hall–Kier alpha value is -1.38. The number of nitriles is 1. The van der Waals surface area contributed by atoms with Crippen molar-refractivity contribution >= 4 is 21.9 Å². The van der Waals surface area contributed by atoms with E-state index in [-0.39, 0.29) is 6.54 Å². The van der Waals surface area contributed by atoms with Gasteiger partial charge in [0, 0.05) is 11.0 Å². The van der Waals surface area contributed by atoms with E-state index in [4.69, 9.17) is 11.0 Å². The molecular weight excluding hydrogens is 260 g/mol. The van der Waals surface area contributed by atoms with Crippen molar-refractivity contribution in [1.82, 2.24) is 0 Å². The average Bonchev–Trinajstić information content (AvgIpc) is 2.26. The summed E-state index contributed by atoms with van der Waals surface area (Å²) in [5, 5.41) is 8.75. The lowest BCUT2D eigenvalue weighted by Gasteiger charge is -2.08. The van der Waals surface area contributed by atoms with E-state index >= 15 is 0 Å². The smallest absolute Gasteiger partial charge is 0.338 e. The number of hydrogen-bond donors (Lipinski definition) is 1. The first-order chi connectivity index (χ1) is 7.13. The summed E-state index contributed by atoms with van der Waals surface area (Å²) in [4.78, 5) is 11.4. The third-order valence-electron chi connectivity index (χ3n) is 1.93. The highest BCUT2D eigenvalue weighted by atomic mass is 79.9. The van der Waals surface area contributed by atoms with E-state index in [0.29, 0.717) is 21.2 Å². The number of ether oxygens (including phenoxy) is 1. The maximum absolute atomic E-state index is 11.4. The van der Waals surface area contributed by atoms with Gasteiger partial charge in [-0.1, -0.05) is 15.9 Å². The van der Waals surface area contributed by atoms with Gasteiger partial charge in [0.1, 0.15) is 0 Å². The number of methoxy groups -OCH3 is 1. The molecule has 0 amide bonds. The van der Waals surface area contributed by atoms with Crippen LogP contribution >= 0.6 is 15.9 Å². The Kier molecular flexibility index (Phi) is 3.83. The van der Waals surface area contributed by atoms with Crippen LogP contribution in [0.3, 0.4) is 0 Å². The maximum Gasteiger partial charge on any atom is 0.338 e. The Balaban J connectivity index is 3.40. The minimum atomic E-state index is -0.492. The van der Waals surface area contributed by atoms with Crippen LogP contribution in [-0.4, -0.2) is 13.1 Å². The van der Waals surface area contributed by atoms with E-state index in [1.165, 1.54) is 13.2 Å². The molecule has 0 aliphatic rings. The number of benzene rings is 1. The Labute approximate surface area is 95.8 Å². The zero-order chi connectivity index (χ0) is 11.4. The van der Waals surface area contributed by atoms with Crippen LogP contribution in [0.2, 0.25) is 0 Å². The Bertz CT molecular complexity index is 438. The van der Waals surface area contributed by atoms with Gasteiger partial charge in [-0.3, -0.25) is 0 Å². The van der Waals surface area contributed by atoms with E-state index in [9.17, 15) is 4.79 Å². The van der Waals surface area contributed by atoms with Crippen LogP contribution in [-0.2, 0) is 11.3 Å². The highest BCUT2D eigenvalue weighted by Crippen LogP contribution is 2.23. The van der Waals surface area contributed by atoms with Crippen molar-refractivity contribution < 1.29 is 9.53 Å². The third-order valence-corrected chi connectivity index (χ3v) is 2.64. The second-order valence-electron chi connectivity index (χ2n) is 2.79. The van der Waals surface area contributed by atoms with Crippen molar-refractivity contribution in [3.63, 3.8) is 0 Å². The largest absolute Gasteiger partial charge is 0.465 e. The van der Waals surface area contributed by atoms with Gasteiger partial charge in [-0.25, -0.2) is 4.79 Å². The summed E-state index contributed by atoms with van der Waals surface area (Å²) in [5.41, 5.74) is 6.87. The molecule has 0 saturated heterocycles. The van der Waals surface area contributed by atoms with Crippen LogP contribution in [0.1, 0.15) is 21.5 Å². The standard InChI is InChI=1S/C10H9BrN2O2/c1-15-10(14)7-2-6(4-12)3-9(11)8(7)5-13/h2-3H,5,13H2,1H3. The molecule has 0 atom stereocenters. The van der Waals surface area contributed by atoms with Crippen molar-refractivity contribution in [2.45, 2.75) is 6.54 Å². The first kappa shape index (κ1) is 11.7. The number of carbonyl (C=O) groups excluding carboxylic acids is 1. The summed E-state index contributed by atoms with van der Waals surface area (Å²) >= 11 is 3.26. The van der Waals surface area contributed by atoms with E-state index in [0.717, 1.165) is 0 Å². The second kappa shape index (κ2) is 4.91. The summed E-state index contributed by atoms with van der Waals surface area (Å²) < 4.78 is 5.25. The molecule has 4 nitrogen and oxygen atoms in total. The zero-order valence-electron chi connectivity index (χ0n) is 8.08. The molecule has 0 spiro atoms. The van der Waals surface area contributed by atoms with Crippen LogP contribution in [0.15, 0.2) is 16.6 Å². The van der Waals surface area contributed by atoms with Crippen molar-refractivity contribution in [1.29, 1.82) is 5.26 Å². The van der Waals surface area contributed by atoms with E-state index in [1.807, 2.05) is 6.07 Å². The van der Waals surface area contributed by atoms with Gasteiger partial charge in [-0.05, 0) is 17.7 Å². The predicted octanol–water partition coefficient (Wildman–Crippen LogP) is 1.57. The zero-order valence-corrected chi connectivity index (χ0v) is 9.67. The molecule has 0 aliphatic heterocycles. The molecule has 5 heteroatoms. The molecule has 78 valence electrons. The monoisotopic (exact) mass is 268 g/mol. The van der Waals surface area contributed by atoms with Gasteiger partial charge in [0.25, 0.3) is 0 Å². The summed E-state index contributed by atoms with van der Waals surface area (Å²) in [6.45, 7) is 0.205. The molecule has 0 fully saturated rings. The molecule has 1 rings (SSSR count). The molecule has 0 saturated carbocycles. The fraction of sp³-hybridized carbons (Fsp3) is 0.200. The molecule has 0 aromatic heterocycles. The van der Waals surface area contributed by atoms with Crippen molar-refractivity contribution in [3.05, 3.63) is 33.3 Å². The minimum absolute atomic E-state index is 0.205. The van der Waals surface area contributed by atoms with Gasteiger partial charge in [0.15, 0.2) is 0 Å². The van der Waals surface area contributed by atoms with Gasteiger partial charge in [-0.2, -0.15) is 5.26 Å². The molecule has 1 aromatic rings. The predicted molar refractivity (Wildman–Crippen MR) is 58.1 cm³/mol. The van der Waals surface area contributed by atoms with Crippen molar-refractivity contribution in [3.8, 4) is 6.07 Å². The van der Waals surface area contributed by atoms with Gasteiger partial charge < -0.3 is 10.5 Å². The summed E-state index contributed by atoms with van der Waals surface area (Å²) in [5.74, 6) is -0.492. The average molecular weight is 269 g/mol. The van der Waals surface area contributed by atoms with Gasteiger partial charge in [-0.15, -0.1) is 0 Å². The number of halogens is 1. The lowest BCUT2D eigenvalue weighted by Crippen LogP contribution is -2.10. The molecule has 0 aliphatic carbocycles. The van der Waals surface area contributed by atoms with Gasteiger partial charge >= 0.3 is 5.97 Å². The molecular formula is C10H9BrN2O2. The third kappa shape index (κ3) is 2.35. The number of nitrogens with two attached hydrogens (primary N) is 1. The molecule has 0 bridgehead atoms. The van der Waals surface area contributed by atoms with E-state index < -0.39 is 5.97 Å². The minimum Gasteiger partial charge on any atom is -0.465 e. The normalized spacial score (nSPS) is 9.47. The molecule has 2 N–H and O–H groups in total. The highest BCUT2D eigenvalue weighted by Gasteiger charge is 2.15. The lowest BCUT2D eigenvalue weighted by molar-refractivity contribution is 0.0599. The SMILES string of the molecule is COC(=O)c1cc(C#N)cc(Br)c1CN. The number of nitrogens with zero attached hydrogens (tertiary/aromatic N) is 1. The topological polar surface area (TPSA) is 76.1 Å². The van der Waals surface area contributed by atoms with Crippen LogP contribution in [0.5, 0.6) is 0 Å². The van der Waals surface area contributed by atoms with Crippen molar-refractivity contribution in [2.24, 2.45) is 5.73 Å². The number of carbonyl (C=O) groups is 1. The molecule has 1 aromatic carbocycles. The molecule has 0 unspecified atom stereocenters.